The lowest BCUT2D eigenvalue weighted by molar-refractivity contribution is -0.138. The van der Waals surface area contributed by atoms with Gasteiger partial charge < -0.3 is 0 Å². The number of carbonyl (C=O) groups excluding carboxylic acids is 1. The maximum atomic E-state index is 13.1. The standard InChI is InChI=1S/C18H13F3N4OS/c1-12-9-15(18(19,20)21)14(10-23)17(24-12)27-11-16(26)25(8-7-22)13-5-3-2-4-6-13/h2-6,9H,8,11H2,1H3. The molecule has 0 aliphatic rings. The fourth-order valence-electron chi connectivity index (χ4n) is 2.29. The summed E-state index contributed by atoms with van der Waals surface area (Å²) in [6, 6.07) is 12.7. The van der Waals surface area contributed by atoms with Gasteiger partial charge in [-0.3, -0.25) is 9.69 Å². The molecule has 5 nitrogen and oxygen atoms in total. The minimum atomic E-state index is -4.70. The lowest BCUT2D eigenvalue weighted by Crippen LogP contribution is -2.32. The number of anilines is 1. The maximum absolute atomic E-state index is 13.1. The van der Waals surface area contributed by atoms with Crippen molar-refractivity contribution >= 4 is 23.4 Å². The predicted octanol–water partition coefficient (Wildman–Crippen LogP) is 3.93. The number of hydrogen-bond acceptors (Lipinski definition) is 5. The quantitative estimate of drug-likeness (QED) is 0.571. The van der Waals surface area contributed by atoms with E-state index in [-0.39, 0.29) is 23.0 Å². The summed E-state index contributed by atoms with van der Waals surface area (Å²) in [5.41, 5.74) is -1.10. The van der Waals surface area contributed by atoms with Gasteiger partial charge in [0.1, 0.15) is 17.6 Å². The molecule has 1 aromatic carbocycles. The number of para-hydroxylation sites is 1. The van der Waals surface area contributed by atoms with Crippen LogP contribution in [-0.4, -0.2) is 23.2 Å². The SMILES string of the molecule is Cc1cc(C(F)(F)F)c(C#N)c(SCC(=O)N(CC#N)c2ccccc2)n1. The molecule has 9 heteroatoms. The van der Waals surface area contributed by atoms with Crippen LogP contribution in [0.15, 0.2) is 41.4 Å². The molecule has 27 heavy (non-hydrogen) atoms. The molecule has 1 heterocycles. The van der Waals surface area contributed by atoms with Crippen molar-refractivity contribution in [3.05, 3.63) is 53.2 Å². The van der Waals surface area contributed by atoms with E-state index in [1.54, 1.807) is 30.3 Å². The molecule has 0 spiro atoms. The highest BCUT2D eigenvalue weighted by molar-refractivity contribution is 8.00. The normalized spacial score (nSPS) is 10.7. The average Bonchev–Trinajstić information content (AvgIpc) is 2.63. The van der Waals surface area contributed by atoms with Gasteiger partial charge in [-0.15, -0.1) is 0 Å². The molecule has 0 atom stereocenters. The number of benzene rings is 1. The Kier molecular flexibility index (Phi) is 6.43. The van der Waals surface area contributed by atoms with E-state index in [4.69, 9.17) is 10.5 Å². The van der Waals surface area contributed by atoms with Crippen LogP contribution in [0.2, 0.25) is 0 Å². The highest BCUT2D eigenvalue weighted by Crippen LogP contribution is 2.36. The van der Waals surface area contributed by atoms with E-state index < -0.39 is 23.2 Å². The fraction of sp³-hybridized carbons (Fsp3) is 0.222. The van der Waals surface area contributed by atoms with E-state index in [9.17, 15) is 18.0 Å². The van der Waals surface area contributed by atoms with Crippen LogP contribution in [0.4, 0.5) is 18.9 Å². The van der Waals surface area contributed by atoms with Crippen molar-refractivity contribution in [2.75, 3.05) is 17.2 Å². The first-order valence-corrected chi connectivity index (χ1v) is 8.60. The molecule has 0 aliphatic heterocycles. The summed E-state index contributed by atoms with van der Waals surface area (Å²) in [5, 5.41) is 17.9. The van der Waals surface area contributed by atoms with Crippen molar-refractivity contribution in [2.24, 2.45) is 0 Å². The van der Waals surface area contributed by atoms with Gasteiger partial charge in [0.15, 0.2) is 0 Å². The Morgan fingerprint density at radius 2 is 1.93 bits per heavy atom. The van der Waals surface area contributed by atoms with E-state index in [1.165, 1.54) is 17.9 Å². The van der Waals surface area contributed by atoms with Gasteiger partial charge in [0, 0.05) is 11.4 Å². The van der Waals surface area contributed by atoms with Crippen molar-refractivity contribution in [1.82, 2.24) is 4.98 Å². The Labute approximate surface area is 158 Å². The van der Waals surface area contributed by atoms with Gasteiger partial charge in [0.05, 0.1) is 22.9 Å². The summed E-state index contributed by atoms with van der Waals surface area (Å²) < 4.78 is 39.4. The van der Waals surface area contributed by atoms with Gasteiger partial charge >= 0.3 is 6.18 Å². The van der Waals surface area contributed by atoms with Crippen LogP contribution in [0.1, 0.15) is 16.8 Å². The maximum Gasteiger partial charge on any atom is 0.417 e. The second kappa shape index (κ2) is 8.56. The molecule has 1 aromatic heterocycles. The number of amides is 1. The topological polar surface area (TPSA) is 80.8 Å². The predicted molar refractivity (Wildman–Crippen MR) is 93.8 cm³/mol. The Hall–Kier alpha value is -3.04. The zero-order chi connectivity index (χ0) is 20.0. The Morgan fingerprint density at radius 3 is 2.48 bits per heavy atom. The molecule has 0 fully saturated rings. The molecule has 0 saturated carbocycles. The van der Waals surface area contributed by atoms with E-state index in [0.29, 0.717) is 5.69 Å². The molecule has 2 rings (SSSR count). The number of thioether (sulfide) groups is 1. The number of aromatic nitrogens is 1. The van der Waals surface area contributed by atoms with Crippen molar-refractivity contribution in [3.8, 4) is 12.1 Å². The third-order valence-electron chi connectivity index (χ3n) is 3.46. The monoisotopic (exact) mass is 390 g/mol. The number of aryl methyl sites for hydroxylation is 1. The third-order valence-corrected chi connectivity index (χ3v) is 4.42. The van der Waals surface area contributed by atoms with Crippen LogP contribution >= 0.6 is 11.8 Å². The first kappa shape index (κ1) is 20.3. The first-order valence-electron chi connectivity index (χ1n) is 7.62. The summed E-state index contributed by atoms with van der Waals surface area (Å²) in [4.78, 5) is 17.7. The van der Waals surface area contributed by atoms with Crippen molar-refractivity contribution in [3.63, 3.8) is 0 Å². The largest absolute Gasteiger partial charge is 0.417 e. The van der Waals surface area contributed by atoms with Crippen molar-refractivity contribution in [2.45, 2.75) is 18.1 Å². The molecular weight excluding hydrogens is 377 g/mol. The molecule has 0 aliphatic carbocycles. The lowest BCUT2D eigenvalue weighted by atomic mass is 10.1. The van der Waals surface area contributed by atoms with Gasteiger partial charge in [0.25, 0.3) is 0 Å². The van der Waals surface area contributed by atoms with Gasteiger partial charge in [-0.25, -0.2) is 4.98 Å². The fourth-order valence-corrected chi connectivity index (χ4v) is 3.22. The Bertz CT molecular complexity index is 917. The van der Waals surface area contributed by atoms with E-state index >= 15 is 0 Å². The number of halogens is 3. The average molecular weight is 390 g/mol. The number of pyridine rings is 1. The number of nitriles is 2. The highest BCUT2D eigenvalue weighted by atomic mass is 32.2. The van der Waals surface area contributed by atoms with Crippen LogP contribution in [-0.2, 0) is 11.0 Å². The van der Waals surface area contributed by atoms with E-state index in [0.717, 1.165) is 17.8 Å². The van der Waals surface area contributed by atoms with Crippen LogP contribution in [0.25, 0.3) is 0 Å². The van der Waals surface area contributed by atoms with Gasteiger partial charge in [0.2, 0.25) is 5.91 Å². The smallest absolute Gasteiger partial charge is 0.298 e. The number of nitrogens with zero attached hydrogens (tertiary/aromatic N) is 4. The molecular formula is C18H13F3N4OS. The van der Waals surface area contributed by atoms with Crippen LogP contribution in [0.3, 0.4) is 0 Å². The Balaban J connectivity index is 2.28. The zero-order valence-corrected chi connectivity index (χ0v) is 14.9. The number of alkyl halides is 3. The minimum absolute atomic E-state index is 0.0909. The molecule has 0 N–H and O–H groups in total. The van der Waals surface area contributed by atoms with Crippen LogP contribution < -0.4 is 4.90 Å². The van der Waals surface area contributed by atoms with Gasteiger partial charge in [-0.05, 0) is 25.1 Å². The number of carbonyl (C=O) groups is 1. The number of rotatable bonds is 5. The third kappa shape index (κ3) is 4.99. The minimum Gasteiger partial charge on any atom is -0.298 e. The summed E-state index contributed by atoms with van der Waals surface area (Å²) >= 11 is 0.739. The van der Waals surface area contributed by atoms with Gasteiger partial charge in [-0.1, -0.05) is 30.0 Å². The summed E-state index contributed by atoms with van der Waals surface area (Å²) in [7, 11) is 0. The summed E-state index contributed by atoms with van der Waals surface area (Å²) in [6.45, 7) is 1.18. The van der Waals surface area contributed by atoms with Crippen molar-refractivity contribution in [1.29, 1.82) is 10.5 Å². The molecule has 0 unspecified atom stereocenters. The highest BCUT2D eigenvalue weighted by Gasteiger charge is 2.35. The first-order chi connectivity index (χ1) is 12.8. The van der Waals surface area contributed by atoms with Crippen LogP contribution in [0.5, 0.6) is 0 Å². The van der Waals surface area contributed by atoms with E-state index in [2.05, 4.69) is 4.98 Å². The van der Waals surface area contributed by atoms with Crippen LogP contribution in [0, 0.1) is 29.6 Å². The van der Waals surface area contributed by atoms with Gasteiger partial charge in [-0.2, -0.15) is 23.7 Å². The second-order valence-electron chi connectivity index (χ2n) is 5.36. The second-order valence-corrected chi connectivity index (χ2v) is 6.33. The summed E-state index contributed by atoms with van der Waals surface area (Å²) in [5.74, 6) is -0.743. The molecule has 0 radical (unpaired) electrons. The molecule has 1 amide bonds. The molecule has 0 bridgehead atoms. The van der Waals surface area contributed by atoms with Crippen molar-refractivity contribution < 1.29 is 18.0 Å². The molecule has 138 valence electrons. The molecule has 2 aromatic rings. The Morgan fingerprint density at radius 1 is 1.26 bits per heavy atom. The van der Waals surface area contributed by atoms with E-state index in [1.807, 2.05) is 6.07 Å². The lowest BCUT2D eigenvalue weighted by Gasteiger charge is -2.19. The molecule has 0 saturated heterocycles. The zero-order valence-electron chi connectivity index (χ0n) is 14.1. The number of hydrogen-bond donors (Lipinski definition) is 0. The summed E-state index contributed by atoms with van der Waals surface area (Å²) in [6.07, 6.45) is -4.70.